The van der Waals surface area contributed by atoms with Gasteiger partial charge >= 0.3 is 6.03 Å². The first kappa shape index (κ1) is 20.7. The van der Waals surface area contributed by atoms with Gasteiger partial charge in [0.25, 0.3) is 5.91 Å². The molecule has 1 aliphatic heterocycles. The molecule has 2 atom stereocenters. The molecular formula is C23H29N3O3. The molecule has 29 heavy (non-hydrogen) atoms. The number of methoxy groups -OCH3 is 1. The van der Waals surface area contributed by atoms with Crippen LogP contribution in [0.2, 0.25) is 0 Å². The summed E-state index contributed by atoms with van der Waals surface area (Å²) < 4.78 is 5.21. The molecule has 0 saturated carbocycles. The number of carbonyl (C=O) groups excluding carboxylic acids is 2. The summed E-state index contributed by atoms with van der Waals surface area (Å²) in [5, 5.41) is 0. The lowest BCUT2D eigenvalue weighted by atomic mass is 9.91. The van der Waals surface area contributed by atoms with E-state index >= 15 is 0 Å². The Hall–Kier alpha value is -3.02. The fourth-order valence-corrected chi connectivity index (χ4v) is 4.00. The van der Waals surface area contributed by atoms with Crippen molar-refractivity contribution in [1.82, 2.24) is 9.80 Å². The van der Waals surface area contributed by atoms with Crippen LogP contribution in [0.4, 0.5) is 10.5 Å². The third-order valence-electron chi connectivity index (χ3n) is 5.35. The van der Waals surface area contributed by atoms with Crippen LogP contribution in [0.25, 0.3) is 0 Å². The van der Waals surface area contributed by atoms with E-state index in [1.165, 1.54) is 0 Å². The number of amides is 3. The lowest BCUT2D eigenvalue weighted by Gasteiger charge is -2.40. The van der Waals surface area contributed by atoms with Crippen LogP contribution in [0.3, 0.4) is 0 Å². The minimum atomic E-state index is -0.654. The standard InChI is InChI=1S/C23H29N3O3/c1-23(2,3)21-25(5)20(27)19(16-10-8-7-9-11-16)26(21)22(28)24(4)17-12-14-18(29-6)15-13-17/h7-15,19,21H,1-6H3. The molecule has 6 nitrogen and oxygen atoms in total. The van der Waals surface area contributed by atoms with Gasteiger partial charge in [-0.25, -0.2) is 4.79 Å². The van der Waals surface area contributed by atoms with Crippen LogP contribution in [0.5, 0.6) is 5.75 Å². The monoisotopic (exact) mass is 395 g/mol. The molecule has 0 aromatic heterocycles. The highest BCUT2D eigenvalue weighted by atomic mass is 16.5. The summed E-state index contributed by atoms with van der Waals surface area (Å²) in [7, 11) is 5.11. The second-order valence-electron chi connectivity index (χ2n) is 8.45. The summed E-state index contributed by atoms with van der Waals surface area (Å²) in [5.41, 5.74) is 1.23. The molecule has 3 amide bonds. The SMILES string of the molecule is COc1ccc(N(C)C(=O)N2C(c3ccccc3)C(=O)N(C)C2C(C)(C)C)cc1. The first-order valence-electron chi connectivity index (χ1n) is 9.68. The van der Waals surface area contributed by atoms with Crippen molar-refractivity contribution in [2.45, 2.75) is 33.0 Å². The fourth-order valence-electron chi connectivity index (χ4n) is 4.00. The Labute approximate surface area is 172 Å². The van der Waals surface area contributed by atoms with Crippen molar-refractivity contribution in [3.05, 3.63) is 60.2 Å². The molecule has 1 fully saturated rings. The largest absolute Gasteiger partial charge is 0.497 e. The Morgan fingerprint density at radius 1 is 1.03 bits per heavy atom. The predicted octanol–water partition coefficient (Wildman–Crippen LogP) is 4.14. The Morgan fingerprint density at radius 2 is 1.62 bits per heavy atom. The number of likely N-dealkylation sites (N-methyl/N-ethyl adjacent to an activating group) is 1. The first-order chi connectivity index (χ1) is 13.7. The second kappa shape index (κ2) is 7.78. The smallest absolute Gasteiger partial charge is 0.326 e. The van der Waals surface area contributed by atoms with E-state index in [0.29, 0.717) is 0 Å². The van der Waals surface area contributed by atoms with Crippen molar-refractivity contribution in [2.24, 2.45) is 5.41 Å². The normalized spacial score (nSPS) is 19.4. The van der Waals surface area contributed by atoms with E-state index in [9.17, 15) is 9.59 Å². The number of nitrogens with zero attached hydrogens (tertiary/aromatic N) is 3. The van der Waals surface area contributed by atoms with Gasteiger partial charge in [-0.05, 0) is 29.8 Å². The molecule has 6 heteroatoms. The number of rotatable bonds is 3. The number of hydrogen-bond donors (Lipinski definition) is 0. The minimum absolute atomic E-state index is 0.0763. The van der Waals surface area contributed by atoms with Crippen LogP contribution in [0.1, 0.15) is 32.4 Å². The summed E-state index contributed by atoms with van der Waals surface area (Å²) in [6.45, 7) is 6.13. The Balaban J connectivity index is 2.04. The van der Waals surface area contributed by atoms with E-state index in [4.69, 9.17) is 4.74 Å². The van der Waals surface area contributed by atoms with Crippen LogP contribution in [0, 0.1) is 5.41 Å². The van der Waals surface area contributed by atoms with Gasteiger partial charge in [0.15, 0.2) is 0 Å². The van der Waals surface area contributed by atoms with Gasteiger partial charge in [0.2, 0.25) is 0 Å². The molecule has 3 rings (SSSR count). The predicted molar refractivity (Wildman–Crippen MR) is 114 cm³/mol. The fraction of sp³-hybridized carbons (Fsp3) is 0.391. The highest BCUT2D eigenvalue weighted by Gasteiger charge is 2.52. The van der Waals surface area contributed by atoms with Gasteiger partial charge in [0, 0.05) is 25.2 Å². The molecule has 1 heterocycles. The summed E-state index contributed by atoms with van der Waals surface area (Å²) in [5.74, 6) is 0.646. The van der Waals surface area contributed by atoms with Crippen molar-refractivity contribution in [3.63, 3.8) is 0 Å². The maximum absolute atomic E-state index is 13.7. The van der Waals surface area contributed by atoms with E-state index in [-0.39, 0.29) is 23.5 Å². The molecule has 1 aliphatic rings. The zero-order valence-electron chi connectivity index (χ0n) is 17.9. The topological polar surface area (TPSA) is 53.1 Å². The maximum Gasteiger partial charge on any atom is 0.326 e. The van der Waals surface area contributed by atoms with E-state index < -0.39 is 6.04 Å². The van der Waals surface area contributed by atoms with E-state index in [2.05, 4.69) is 0 Å². The van der Waals surface area contributed by atoms with Gasteiger partial charge in [-0.1, -0.05) is 51.1 Å². The Bertz CT molecular complexity index is 874. The van der Waals surface area contributed by atoms with Gasteiger partial charge in [0.05, 0.1) is 7.11 Å². The molecule has 0 bridgehead atoms. The minimum Gasteiger partial charge on any atom is -0.497 e. The number of urea groups is 1. The Morgan fingerprint density at radius 3 is 2.14 bits per heavy atom. The van der Waals surface area contributed by atoms with Crippen molar-refractivity contribution in [1.29, 1.82) is 0 Å². The van der Waals surface area contributed by atoms with Crippen LogP contribution in [-0.2, 0) is 4.79 Å². The van der Waals surface area contributed by atoms with Crippen LogP contribution < -0.4 is 9.64 Å². The molecule has 2 unspecified atom stereocenters. The van der Waals surface area contributed by atoms with E-state index in [1.54, 1.807) is 35.9 Å². The lowest BCUT2D eigenvalue weighted by molar-refractivity contribution is -0.129. The highest BCUT2D eigenvalue weighted by Crippen LogP contribution is 2.41. The molecule has 0 spiro atoms. The molecule has 2 aromatic rings. The first-order valence-corrected chi connectivity index (χ1v) is 9.68. The van der Waals surface area contributed by atoms with Gasteiger partial charge in [-0.2, -0.15) is 0 Å². The van der Waals surface area contributed by atoms with Crippen molar-refractivity contribution < 1.29 is 14.3 Å². The Kier molecular flexibility index (Phi) is 5.55. The number of anilines is 1. The summed E-state index contributed by atoms with van der Waals surface area (Å²) >= 11 is 0. The van der Waals surface area contributed by atoms with Gasteiger partial charge in [-0.15, -0.1) is 0 Å². The molecule has 154 valence electrons. The highest BCUT2D eigenvalue weighted by molar-refractivity contribution is 5.98. The third kappa shape index (κ3) is 3.79. The zero-order chi connectivity index (χ0) is 21.3. The maximum atomic E-state index is 13.7. The molecule has 0 radical (unpaired) electrons. The molecule has 0 N–H and O–H groups in total. The number of hydrogen-bond acceptors (Lipinski definition) is 3. The summed E-state index contributed by atoms with van der Waals surface area (Å²) in [6, 6.07) is 15.9. The van der Waals surface area contributed by atoms with E-state index in [0.717, 1.165) is 17.0 Å². The molecule has 0 aliphatic carbocycles. The van der Waals surface area contributed by atoms with E-state index in [1.807, 2.05) is 75.4 Å². The summed E-state index contributed by atoms with van der Waals surface area (Å²) in [4.78, 5) is 31.9. The zero-order valence-corrected chi connectivity index (χ0v) is 17.9. The average Bonchev–Trinajstić information content (AvgIpc) is 2.98. The molecular weight excluding hydrogens is 366 g/mol. The van der Waals surface area contributed by atoms with Crippen LogP contribution in [-0.4, -0.2) is 49.1 Å². The molecule has 2 aromatic carbocycles. The van der Waals surface area contributed by atoms with Crippen LogP contribution in [0.15, 0.2) is 54.6 Å². The lowest BCUT2D eigenvalue weighted by Crippen LogP contribution is -2.53. The van der Waals surface area contributed by atoms with Crippen molar-refractivity contribution >= 4 is 17.6 Å². The van der Waals surface area contributed by atoms with Gasteiger partial charge < -0.3 is 9.64 Å². The summed E-state index contributed by atoms with van der Waals surface area (Å²) in [6.07, 6.45) is -0.367. The van der Waals surface area contributed by atoms with Crippen molar-refractivity contribution in [3.8, 4) is 5.75 Å². The van der Waals surface area contributed by atoms with Crippen LogP contribution >= 0.6 is 0 Å². The molecule has 1 saturated heterocycles. The average molecular weight is 396 g/mol. The van der Waals surface area contributed by atoms with Gasteiger partial charge in [-0.3, -0.25) is 14.6 Å². The number of ether oxygens (including phenoxy) is 1. The number of carbonyl (C=O) groups is 2. The number of benzene rings is 2. The quantitative estimate of drug-likeness (QED) is 0.785. The van der Waals surface area contributed by atoms with Crippen molar-refractivity contribution in [2.75, 3.05) is 26.1 Å². The third-order valence-corrected chi connectivity index (χ3v) is 5.35. The second-order valence-corrected chi connectivity index (χ2v) is 8.45. The van der Waals surface area contributed by atoms with Gasteiger partial charge in [0.1, 0.15) is 18.0 Å².